The second kappa shape index (κ2) is 5.34. The highest BCUT2D eigenvalue weighted by Crippen LogP contribution is 2.43. The topological polar surface area (TPSA) is 79.3 Å². The number of nitrogens with zero attached hydrogens (tertiary/aromatic N) is 1. The molecule has 0 aromatic carbocycles. The number of pyridine rings is 1. The maximum atomic E-state index is 13.3. The Kier molecular flexibility index (Phi) is 3.78. The molecule has 1 amide bonds. The summed E-state index contributed by atoms with van der Waals surface area (Å²) in [4.78, 5) is 26.2. The number of carbonyl (C=O) groups is 2. The van der Waals surface area contributed by atoms with E-state index in [1.54, 1.807) is 0 Å². The van der Waals surface area contributed by atoms with Crippen molar-refractivity contribution in [1.29, 1.82) is 0 Å². The zero-order chi connectivity index (χ0) is 13.9. The third-order valence-electron chi connectivity index (χ3n) is 3.58. The standard InChI is InChI=1S/C13H15FN2O3/c14-10-7-15-5-2-9(10)12(19)16-8-13(3-1-4-13)6-11(17)18/h2,5,7H,1,3-4,6,8H2,(H,16,19)(H,17,18). The fourth-order valence-electron chi connectivity index (χ4n) is 2.34. The van der Waals surface area contributed by atoms with Gasteiger partial charge in [-0.3, -0.25) is 14.6 Å². The monoisotopic (exact) mass is 266 g/mol. The highest BCUT2D eigenvalue weighted by molar-refractivity contribution is 5.94. The zero-order valence-corrected chi connectivity index (χ0v) is 10.4. The predicted molar refractivity (Wildman–Crippen MR) is 65.1 cm³/mol. The molecule has 0 saturated heterocycles. The lowest BCUT2D eigenvalue weighted by Crippen LogP contribution is -2.43. The van der Waals surface area contributed by atoms with Crippen LogP contribution < -0.4 is 5.32 Å². The van der Waals surface area contributed by atoms with Gasteiger partial charge in [-0.15, -0.1) is 0 Å². The van der Waals surface area contributed by atoms with Gasteiger partial charge in [0.2, 0.25) is 0 Å². The summed E-state index contributed by atoms with van der Waals surface area (Å²) in [5.74, 6) is -2.08. The van der Waals surface area contributed by atoms with E-state index in [1.807, 2.05) is 0 Å². The van der Waals surface area contributed by atoms with Crippen molar-refractivity contribution in [3.8, 4) is 0 Å². The van der Waals surface area contributed by atoms with E-state index in [0.717, 1.165) is 25.5 Å². The average molecular weight is 266 g/mol. The van der Waals surface area contributed by atoms with Gasteiger partial charge in [0.15, 0.2) is 5.82 Å². The Morgan fingerprint density at radius 1 is 1.47 bits per heavy atom. The highest BCUT2D eigenvalue weighted by Gasteiger charge is 2.39. The number of rotatable bonds is 5. The molecule has 2 rings (SSSR count). The average Bonchev–Trinajstić information content (AvgIpc) is 2.32. The molecule has 2 N–H and O–H groups in total. The van der Waals surface area contributed by atoms with Gasteiger partial charge in [0, 0.05) is 12.7 Å². The molecule has 0 aliphatic heterocycles. The van der Waals surface area contributed by atoms with Crippen LogP contribution in [-0.2, 0) is 4.79 Å². The van der Waals surface area contributed by atoms with Crippen LogP contribution in [0.5, 0.6) is 0 Å². The Hall–Kier alpha value is -1.98. The molecular weight excluding hydrogens is 251 g/mol. The summed E-state index contributed by atoms with van der Waals surface area (Å²) in [6.45, 7) is 0.264. The number of carbonyl (C=O) groups excluding carboxylic acids is 1. The third kappa shape index (κ3) is 3.07. The lowest BCUT2D eigenvalue weighted by molar-refractivity contribution is -0.141. The van der Waals surface area contributed by atoms with E-state index >= 15 is 0 Å². The van der Waals surface area contributed by atoms with Crippen molar-refractivity contribution in [2.45, 2.75) is 25.7 Å². The molecule has 0 bridgehead atoms. The first kappa shape index (κ1) is 13.5. The molecule has 5 nitrogen and oxygen atoms in total. The molecule has 0 unspecified atom stereocenters. The molecule has 1 heterocycles. The zero-order valence-electron chi connectivity index (χ0n) is 10.4. The summed E-state index contributed by atoms with van der Waals surface area (Å²) in [6, 6.07) is 1.30. The van der Waals surface area contributed by atoms with Crippen LogP contribution in [0.4, 0.5) is 4.39 Å². The number of halogens is 1. The number of carboxylic acid groups (broad SMARTS) is 1. The molecule has 0 atom stereocenters. The van der Waals surface area contributed by atoms with Gasteiger partial charge in [0.1, 0.15) is 0 Å². The third-order valence-corrected chi connectivity index (χ3v) is 3.58. The molecule has 102 valence electrons. The van der Waals surface area contributed by atoms with Crippen LogP contribution in [0.3, 0.4) is 0 Å². The van der Waals surface area contributed by atoms with Crippen molar-refractivity contribution < 1.29 is 19.1 Å². The minimum Gasteiger partial charge on any atom is -0.481 e. The minimum absolute atomic E-state index is 0.0338. The van der Waals surface area contributed by atoms with Crippen LogP contribution in [0.1, 0.15) is 36.0 Å². The van der Waals surface area contributed by atoms with E-state index in [9.17, 15) is 14.0 Å². The van der Waals surface area contributed by atoms with Gasteiger partial charge >= 0.3 is 5.97 Å². The maximum absolute atomic E-state index is 13.3. The Labute approximate surface area is 109 Å². The Morgan fingerprint density at radius 2 is 2.21 bits per heavy atom. The second-order valence-corrected chi connectivity index (χ2v) is 4.96. The van der Waals surface area contributed by atoms with Crippen molar-refractivity contribution in [1.82, 2.24) is 10.3 Å². The first-order valence-corrected chi connectivity index (χ1v) is 6.12. The number of hydrogen-bond donors (Lipinski definition) is 2. The molecule has 0 spiro atoms. The summed E-state index contributed by atoms with van der Waals surface area (Å²) in [6.07, 6.45) is 4.87. The molecule has 1 aliphatic rings. The molecule has 1 saturated carbocycles. The van der Waals surface area contributed by atoms with Gasteiger partial charge in [-0.1, -0.05) is 6.42 Å². The van der Waals surface area contributed by atoms with Gasteiger partial charge in [0.05, 0.1) is 18.2 Å². The van der Waals surface area contributed by atoms with Crippen LogP contribution in [-0.4, -0.2) is 28.5 Å². The first-order chi connectivity index (χ1) is 9.02. The van der Waals surface area contributed by atoms with Crippen LogP contribution in [0.15, 0.2) is 18.5 Å². The number of nitrogens with one attached hydrogen (secondary N) is 1. The molecule has 1 aromatic rings. The van der Waals surface area contributed by atoms with E-state index in [0.29, 0.717) is 0 Å². The minimum atomic E-state index is -0.871. The van der Waals surface area contributed by atoms with Crippen LogP contribution in [0.25, 0.3) is 0 Å². The summed E-state index contributed by atoms with van der Waals surface area (Å²) < 4.78 is 13.3. The Morgan fingerprint density at radius 3 is 2.74 bits per heavy atom. The maximum Gasteiger partial charge on any atom is 0.303 e. The quantitative estimate of drug-likeness (QED) is 0.848. The van der Waals surface area contributed by atoms with Crippen molar-refractivity contribution in [2.75, 3.05) is 6.54 Å². The van der Waals surface area contributed by atoms with Gasteiger partial charge in [-0.05, 0) is 24.3 Å². The highest BCUT2D eigenvalue weighted by atomic mass is 19.1. The van der Waals surface area contributed by atoms with E-state index < -0.39 is 17.7 Å². The van der Waals surface area contributed by atoms with Crippen LogP contribution in [0, 0.1) is 11.2 Å². The van der Waals surface area contributed by atoms with Gasteiger partial charge in [-0.2, -0.15) is 0 Å². The number of amides is 1. The first-order valence-electron chi connectivity index (χ1n) is 6.12. The van der Waals surface area contributed by atoms with E-state index in [4.69, 9.17) is 5.11 Å². The lowest BCUT2D eigenvalue weighted by atomic mass is 9.66. The molecule has 1 aliphatic carbocycles. The number of aromatic nitrogens is 1. The van der Waals surface area contributed by atoms with Crippen LogP contribution in [0.2, 0.25) is 0 Å². The number of carboxylic acids is 1. The summed E-state index contributed by atoms with van der Waals surface area (Å²) in [7, 11) is 0. The Balaban J connectivity index is 1.97. The van der Waals surface area contributed by atoms with Crippen molar-refractivity contribution in [2.24, 2.45) is 5.41 Å². The van der Waals surface area contributed by atoms with Crippen molar-refractivity contribution in [3.63, 3.8) is 0 Å². The fourth-order valence-corrected chi connectivity index (χ4v) is 2.34. The smallest absolute Gasteiger partial charge is 0.303 e. The Bertz CT molecular complexity index is 500. The summed E-state index contributed by atoms with van der Waals surface area (Å²) in [5.41, 5.74) is -0.440. The van der Waals surface area contributed by atoms with E-state index in [-0.39, 0.29) is 23.9 Å². The summed E-state index contributed by atoms with van der Waals surface area (Å²) >= 11 is 0. The molecule has 1 aromatic heterocycles. The largest absolute Gasteiger partial charge is 0.481 e. The van der Waals surface area contributed by atoms with Gasteiger partial charge in [-0.25, -0.2) is 4.39 Å². The lowest BCUT2D eigenvalue weighted by Gasteiger charge is -2.40. The van der Waals surface area contributed by atoms with Crippen LogP contribution >= 0.6 is 0 Å². The number of aliphatic carboxylic acids is 1. The summed E-state index contributed by atoms with van der Waals surface area (Å²) in [5, 5.41) is 11.5. The molecule has 1 fully saturated rings. The predicted octanol–water partition coefficient (Wildman–Crippen LogP) is 1.60. The molecular formula is C13H15FN2O3. The van der Waals surface area contributed by atoms with E-state index in [2.05, 4.69) is 10.3 Å². The second-order valence-electron chi connectivity index (χ2n) is 4.96. The SMILES string of the molecule is O=C(O)CC1(CNC(=O)c2ccncc2F)CCC1. The van der Waals surface area contributed by atoms with Crippen molar-refractivity contribution in [3.05, 3.63) is 29.8 Å². The molecule has 6 heteroatoms. The van der Waals surface area contributed by atoms with Crippen molar-refractivity contribution >= 4 is 11.9 Å². The van der Waals surface area contributed by atoms with Gasteiger partial charge < -0.3 is 10.4 Å². The van der Waals surface area contributed by atoms with E-state index in [1.165, 1.54) is 12.3 Å². The number of hydrogen-bond acceptors (Lipinski definition) is 3. The normalized spacial score (nSPS) is 16.5. The van der Waals surface area contributed by atoms with Gasteiger partial charge in [0.25, 0.3) is 5.91 Å². The fraction of sp³-hybridized carbons (Fsp3) is 0.462. The molecule has 0 radical (unpaired) electrons. The molecule has 19 heavy (non-hydrogen) atoms.